The Labute approximate surface area is 66.8 Å². The number of rotatable bonds is 3. The molecule has 3 heteroatoms. The smallest absolute Gasteiger partial charge is 0.149 e. The predicted octanol–water partition coefficient (Wildman–Crippen LogP) is 0.0800. The minimum atomic E-state index is 0.0240. The number of hydrogen-bond donors (Lipinski definition) is 2. The summed E-state index contributed by atoms with van der Waals surface area (Å²) < 4.78 is 0. The Morgan fingerprint density at radius 1 is 1.55 bits per heavy atom. The lowest BCUT2D eigenvalue weighted by molar-refractivity contribution is -0.122. The Morgan fingerprint density at radius 3 is 3.00 bits per heavy atom. The van der Waals surface area contributed by atoms with E-state index in [-0.39, 0.29) is 12.6 Å². The molecule has 3 nitrogen and oxygen atoms in total. The van der Waals surface area contributed by atoms with Crippen LogP contribution in [0.15, 0.2) is 0 Å². The number of carbonyl (C=O) groups excluding carboxylic acids is 1. The van der Waals surface area contributed by atoms with Gasteiger partial charge in [0.15, 0.2) is 0 Å². The molecule has 1 unspecified atom stereocenters. The largest absolute Gasteiger partial charge is 0.395 e. The maximum Gasteiger partial charge on any atom is 0.149 e. The van der Waals surface area contributed by atoms with Crippen LogP contribution in [0.25, 0.3) is 0 Å². The van der Waals surface area contributed by atoms with Gasteiger partial charge in [-0.15, -0.1) is 0 Å². The molecule has 0 aromatic rings. The maximum atomic E-state index is 11.2. The number of ketones is 1. The van der Waals surface area contributed by atoms with Crippen LogP contribution in [0.5, 0.6) is 0 Å². The van der Waals surface area contributed by atoms with E-state index in [0.29, 0.717) is 18.7 Å². The topological polar surface area (TPSA) is 49.3 Å². The fraction of sp³-hybridized carbons (Fsp3) is 0.875. The van der Waals surface area contributed by atoms with Crippen LogP contribution in [0.1, 0.15) is 25.7 Å². The summed E-state index contributed by atoms with van der Waals surface area (Å²) in [4.78, 5) is 11.2. The van der Waals surface area contributed by atoms with E-state index in [1.165, 1.54) is 0 Å². The van der Waals surface area contributed by atoms with E-state index in [4.69, 9.17) is 5.11 Å². The van der Waals surface area contributed by atoms with Gasteiger partial charge in [-0.1, -0.05) is 6.42 Å². The molecule has 0 radical (unpaired) electrons. The average Bonchev–Trinajstić information content (AvgIpc) is 2.03. The van der Waals surface area contributed by atoms with Gasteiger partial charge in [0.05, 0.1) is 12.6 Å². The van der Waals surface area contributed by atoms with Crippen molar-refractivity contribution >= 4 is 5.78 Å². The Morgan fingerprint density at radius 2 is 2.36 bits per heavy atom. The monoisotopic (exact) mass is 157 g/mol. The molecule has 64 valence electrons. The second-order valence-corrected chi connectivity index (χ2v) is 2.94. The molecule has 11 heavy (non-hydrogen) atoms. The Kier molecular flexibility index (Phi) is 3.52. The highest BCUT2D eigenvalue weighted by molar-refractivity contribution is 5.84. The number of Topliss-reactive ketones (excluding diaryl/α,β-unsaturated/α-hetero) is 1. The summed E-state index contributed by atoms with van der Waals surface area (Å²) in [7, 11) is 0. The SMILES string of the molecule is O=C1CCCCC1NCCO. The lowest BCUT2D eigenvalue weighted by Gasteiger charge is -2.20. The van der Waals surface area contributed by atoms with Gasteiger partial charge in [0.25, 0.3) is 0 Å². The predicted molar refractivity (Wildman–Crippen MR) is 42.4 cm³/mol. The first-order valence-electron chi connectivity index (χ1n) is 4.21. The highest BCUT2D eigenvalue weighted by atomic mass is 16.3. The first-order chi connectivity index (χ1) is 5.34. The van der Waals surface area contributed by atoms with Gasteiger partial charge in [0.2, 0.25) is 0 Å². The molecule has 1 aliphatic rings. The average molecular weight is 157 g/mol. The Balaban J connectivity index is 2.24. The number of aliphatic hydroxyl groups is 1. The van der Waals surface area contributed by atoms with Crippen molar-refractivity contribution in [3.8, 4) is 0 Å². The van der Waals surface area contributed by atoms with Gasteiger partial charge >= 0.3 is 0 Å². The maximum absolute atomic E-state index is 11.2. The fourth-order valence-electron chi connectivity index (χ4n) is 1.44. The molecule has 1 saturated carbocycles. The zero-order chi connectivity index (χ0) is 8.10. The number of nitrogens with one attached hydrogen (secondary N) is 1. The summed E-state index contributed by atoms with van der Waals surface area (Å²) in [6.45, 7) is 0.653. The van der Waals surface area contributed by atoms with Crippen molar-refractivity contribution < 1.29 is 9.90 Å². The van der Waals surface area contributed by atoms with Gasteiger partial charge in [0.1, 0.15) is 5.78 Å². The van der Waals surface area contributed by atoms with E-state index in [0.717, 1.165) is 19.3 Å². The van der Waals surface area contributed by atoms with Crippen LogP contribution < -0.4 is 5.32 Å². The third-order valence-electron chi connectivity index (χ3n) is 2.06. The van der Waals surface area contributed by atoms with Gasteiger partial charge in [-0.25, -0.2) is 0 Å². The normalized spacial score (nSPS) is 25.5. The van der Waals surface area contributed by atoms with E-state index in [2.05, 4.69) is 5.32 Å². The molecule has 0 aromatic heterocycles. The summed E-state index contributed by atoms with van der Waals surface area (Å²) >= 11 is 0. The molecule has 0 spiro atoms. The van der Waals surface area contributed by atoms with Crippen molar-refractivity contribution in [1.82, 2.24) is 5.32 Å². The van der Waals surface area contributed by atoms with Crippen molar-refractivity contribution in [1.29, 1.82) is 0 Å². The molecule has 1 rings (SSSR count). The van der Waals surface area contributed by atoms with Crippen molar-refractivity contribution in [3.05, 3.63) is 0 Å². The first kappa shape index (κ1) is 8.68. The molecular formula is C8H15NO2. The lowest BCUT2D eigenvalue weighted by atomic mass is 9.94. The standard InChI is InChI=1S/C8H15NO2/c10-6-5-9-7-3-1-2-4-8(7)11/h7,9-10H,1-6H2. The fourth-order valence-corrected chi connectivity index (χ4v) is 1.44. The van der Waals surface area contributed by atoms with Gasteiger partial charge in [-0.3, -0.25) is 4.79 Å². The molecule has 0 amide bonds. The van der Waals surface area contributed by atoms with E-state index < -0.39 is 0 Å². The lowest BCUT2D eigenvalue weighted by Crippen LogP contribution is -2.40. The molecule has 2 N–H and O–H groups in total. The van der Waals surface area contributed by atoms with Crippen molar-refractivity contribution in [2.75, 3.05) is 13.2 Å². The molecule has 0 bridgehead atoms. The van der Waals surface area contributed by atoms with Crippen molar-refractivity contribution in [2.45, 2.75) is 31.7 Å². The van der Waals surface area contributed by atoms with Crippen molar-refractivity contribution in [2.24, 2.45) is 0 Å². The van der Waals surface area contributed by atoms with Crippen LogP contribution in [-0.4, -0.2) is 30.1 Å². The van der Waals surface area contributed by atoms with Crippen LogP contribution in [-0.2, 0) is 4.79 Å². The third-order valence-corrected chi connectivity index (χ3v) is 2.06. The van der Waals surface area contributed by atoms with E-state index >= 15 is 0 Å². The molecule has 0 heterocycles. The summed E-state index contributed by atoms with van der Waals surface area (Å²) in [6, 6.07) is 0.0240. The second-order valence-electron chi connectivity index (χ2n) is 2.94. The molecule has 0 aromatic carbocycles. The van der Waals surface area contributed by atoms with Gasteiger partial charge < -0.3 is 10.4 Å². The summed E-state index contributed by atoms with van der Waals surface area (Å²) in [5.41, 5.74) is 0. The minimum absolute atomic E-state index is 0.0240. The molecule has 0 aliphatic heterocycles. The molecule has 1 fully saturated rings. The number of carbonyl (C=O) groups is 1. The van der Waals surface area contributed by atoms with Gasteiger partial charge in [-0.05, 0) is 12.8 Å². The van der Waals surface area contributed by atoms with E-state index in [9.17, 15) is 4.79 Å². The highest BCUT2D eigenvalue weighted by Gasteiger charge is 2.20. The first-order valence-corrected chi connectivity index (χ1v) is 4.21. The highest BCUT2D eigenvalue weighted by Crippen LogP contribution is 2.13. The Hall–Kier alpha value is -0.410. The number of hydrogen-bond acceptors (Lipinski definition) is 3. The zero-order valence-corrected chi connectivity index (χ0v) is 6.68. The van der Waals surface area contributed by atoms with Crippen LogP contribution in [0, 0.1) is 0 Å². The summed E-state index contributed by atoms with van der Waals surface area (Å²) in [6.07, 6.45) is 3.83. The van der Waals surface area contributed by atoms with Crippen molar-refractivity contribution in [3.63, 3.8) is 0 Å². The molecule has 1 aliphatic carbocycles. The quantitative estimate of drug-likeness (QED) is 0.610. The second kappa shape index (κ2) is 4.46. The summed E-state index contributed by atoms with van der Waals surface area (Å²) in [5, 5.41) is 11.5. The molecular weight excluding hydrogens is 142 g/mol. The van der Waals surface area contributed by atoms with E-state index in [1.54, 1.807) is 0 Å². The van der Waals surface area contributed by atoms with Crippen LogP contribution in [0.3, 0.4) is 0 Å². The molecule has 0 saturated heterocycles. The number of aliphatic hydroxyl groups excluding tert-OH is 1. The Bertz CT molecular complexity index is 136. The third kappa shape index (κ3) is 2.60. The van der Waals surface area contributed by atoms with Crippen LogP contribution in [0.2, 0.25) is 0 Å². The minimum Gasteiger partial charge on any atom is -0.395 e. The summed E-state index contributed by atoms with van der Waals surface area (Å²) in [5.74, 6) is 0.310. The van der Waals surface area contributed by atoms with Gasteiger partial charge in [0, 0.05) is 13.0 Å². The molecule has 1 atom stereocenters. The zero-order valence-electron chi connectivity index (χ0n) is 6.68. The van der Waals surface area contributed by atoms with Crippen LogP contribution >= 0.6 is 0 Å². The van der Waals surface area contributed by atoms with Gasteiger partial charge in [-0.2, -0.15) is 0 Å². The van der Waals surface area contributed by atoms with Crippen LogP contribution in [0.4, 0.5) is 0 Å². The van der Waals surface area contributed by atoms with E-state index in [1.807, 2.05) is 0 Å².